The summed E-state index contributed by atoms with van der Waals surface area (Å²) < 4.78 is 34.6. The van der Waals surface area contributed by atoms with E-state index < -0.39 is 21.9 Å². The minimum Gasteiger partial charge on any atom is -0.507 e. The molecule has 0 radical (unpaired) electrons. The van der Waals surface area contributed by atoms with Gasteiger partial charge in [0, 0.05) is 30.1 Å². The summed E-state index contributed by atoms with van der Waals surface area (Å²) in [7, 11) is -3.36. The first kappa shape index (κ1) is 25.3. The second kappa shape index (κ2) is 10.7. The van der Waals surface area contributed by atoms with Gasteiger partial charge in [0.1, 0.15) is 11.3 Å². The van der Waals surface area contributed by atoms with E-state index in [1.165, 1.54) is 6.07 Å². The van der Waals surface area contributed by atoms with Crippen LogP contribution in [0.3, 0.4) is 0 Å². The van der Waals surface area contributed by atoms with Crippen LogP contribution in [0.1, 0.15) is 43.7 Å². The molecule has 1 heterocycles. The van der Waals surface area contributed by atoms with E-state index in [1.54, 1.807) is 30.3 Å². The summed E-state index contributed by atoms with van der Waals surface area (Å²) in [6, 6.07) is 9.94. The Bertz CT molecular complexity index is 1170. The molecule has 33 heavy (non-hydrogen) atoms. The van der Waals surface area contributed by atoms with E-state index in [1.807, 2.05) is 13.8 Å². The van der Waals surface area contributed by atoms with Crippen molar-refractivity contribution in [1.29, 1.82) is 0 Å². The summed E-state index contributed by atoms with van der Waals surface area (Å²) in [5, 5.41) is 11.1. The van der Waals surface area contributed by atoms with Crippen molar-refractivity contribution >= 4 is 33.0 Å². The molecule has 2 aromatic rings. The standard InChI is InChI=1S/C25H29ClO6S/c1-4-31-12-7-5-6-11-22-24(27)23(25(28)32-22)19-15-21(26)20(13-16(19)2)17-9-8-10-18(14-17)33(3,29)30/h8-10,13-15,22,27H,4-7,11-12H2,1-3H3. The molecule has 178 valence electrons. The van der Waals surface area contributed by atoms with E-state index >= 15 is 0 Å². The molecule has 1 aliphatic heterocycles. The Kier molecular flexibility index (Phi) is 8.21. The Morgan fingerprint density at radius 3 is 2.58 bits per heavy atom. The Labute approximate surface area is 200 Å². The van der Waals surface area contributed by atoms with Gasteiger partial charge in [-0.1, -0.05) is 30.2 Å². The van der Waals surface area contributed by atoms with Gasteiger partial charge in [-0.3, -0.25) is 0 Å². The van der Waals surface area contributed by atoms with Gasteiger partial charge in [0.2, 0.25) is 0 Å². The number of halogens is 1. The number of aliphatic hydroxyl groups is 1. The lowest BCUT2D eigenvalue weighted by molar-refractivity contribution is -0.138. The topological polar surface area (TPSA) is 89.9 Å². The molecule has 2 aromatic carbocycles. The Hall–Kier alpha value is -2.35. The van der Waals surface area contributed by atoms with Crippen LogP contribution in [0.5, 0.6) is 0 Å². The van der Waals surface area contributed by atoms with Crippen molar-refractivity contribution in [1.82, 2.24) is 0 Å². The number of carbonyl (C=O) groups is 1. The van der Waals surface area contributed by atoms with Crippen LogP contribution in [-0.2, 0) is 24.1 Å². The number of unbranched alkanes of at least 4 members (excludes halogenated alkanes) is 2. The minimum absolute atomic E-state index is 0.0733. The average molecular weight is 493 g/mol. The van der Waals surface area contributed by atoms with Gasteiger partial charge in [-0.15, -0.1) is 0 Å². The minimum atomic E-state index is -3.36. The first-order valence-electron chi connectivity index (χ1n) is 11.0. The molecular formula is C25H29ClO6S. The third-order valence-electron chi connectivity index (χ3n) is 5.63. The first-order chi connectivity index (χ1) is 15.6. The van der Waals surface area contributed by atoms with Gasteiger partial charge < -0.3 is 14.6 Å². The molecule has 0 aromatic heterocycles. The van der Waals surface area contributed by atoms with Crippen LogP contribution >= 0.6 is 11.6 Å². The Morgan fingerprint density at radius 2 is 1.88 bits per heavy atom. The maximum absolute atomic E-state index is 12.6. The maximum atomic E-state index is 12.6. The summed E-state index contributed by atoms with van der Waals surface area (Å²) in [6.07, 6.45) is 3.67. The molecule has 1 N–H and O–H groups in total. The zero-order chi connectivity index (χ0) is 24.2. The predicted octanol–water partition coefficient (Wildman–Crippen LogP) is 5.51. The highest BCUT2D eigenvalue weighted by Gasteiger charge is 2.35. The van der Waals surface area contributed by atoms with Crippen LogP contribution in [0.4, 0.5) is 0 Å². The lowest BCUT2D eigenvalue weighted by Gasteiger charge is -2.12. The Morgan fingerprint density at radius 1 is 1.12 bits per heavy atom. The molecule has 1 unspecified atom stereocenters. The summed E-state index contributed by atoms with van der Waals surface area (Å²) in [6.45, 7) is 5.15. The molecule has 8 heteroatoms. The number of hydrogen-bond donors (Lipinski definition) is 1. The third-order valence-corrected chi connectivity index (χ3v) is 7.05. The van der Waals surface area contributed by atoms with Gasteiger partial charge in [-0.2, -0.15) is 0 Å². The summed E-state index contributed by atoms with van der Waals surface area (Å²) in [4.78, 5) is 12.8. The van der Waals surface area contributed by atoms with Crippen molar-refractivity contribution in [2.45, 2.75) is 50.5 Å². The second-order valence-electron chi connectivity index (χ2n) is 8.15. The van der Waals surface area contributed by atoms with E-state index in [-0.39, 0.29) is 16.2 Å². The number of cyclic esters (lactones) is 1. The van der Waals surface area contributed by atoms with Crippen LogP contribution < -0.4 is 0 Å². The molecule has 0 spiro atoms. The first-order valence-corrected chi connectivity index (χ1v) is 13.2. The fourth-order valence-corrected chi connectivity index (χ4v) is 4.81. The van der Waals surface area contributed by atoms with Gasteiger partial charge in [-0.05, 0) is 74.1 Å². The number of hydrogen-bond acceptors (Lipinski definition) is 6. The molecule has 3 rings (SSSR count). The largest absolute Gasteiger partial charge is 0.507 e. The number of carbonyl (C=O) groups excluding carboxylic acids is 1. The number of aryl methyl sites for hydroxylation is 1. The van der Waals surface area contributed by atoms with Crippen molar-refractivity contribution in [3.05, 3.63) is 58.3 Å². The second-order valence-corrected chi connectivity index (χ2v) is 10.6. The number of aliphatic hydroxyl groups excluding tert-OH is 1. The van der Waals surface area contributed by atoms with E-state index in [4.69, 9.17) is 21.1 Å². The molecule has 1 aliphatic rings. The third kappa shape index (κ3) is 5.96. The van der Waals surface area contributed by atoms with Gasteiger partial charge >= 0.3 is 5.97 Å². The van der Waals surface area contributed by atoms with Crippen LogP contribution in [0.2, 0.25) is 5.02 Å². The molecule has 0 bridgehead atoms. The van der Waals surface area contributed by atoms with E-state index in [0.717, 1.165) is 31.1 Å². The molecule has 0 fully saturated rings. The number of esters is 1. The fraction of sp³-hybridized carbons (Fsp3) is 0.400. The predicted molar refractivity (Wildman–Crippen MR) is 129 cm³/mol. The van der Waals surface area contributed by atoms with Crippen molar-refractivity contribution in [2.75, 3.05) is 19.5 Å². The van der Waals surface area contributed by atoms with E-state index in [0.29, 0.717) is 41.3 Å². The van der Waals surface area contributed by atoms with Crippen LogP contribution in [0, 0.1) is 6.92 Å². The summed E-state index contributed by atoms with van der Waals surface area (Å²) in [5.74, 6) is -0.645. The van der Waals surface area contributed by atoms with Gasteiger partial charge in [-0.25, -0.2) is 13.2 Å². The maximum Gasteiger partial charge on any atom is 0.343 e. The number of sulfone groups is 1. The molecule has 0 saturated heterocycles. The zero-order valence-corrected chi connectivity index (χ0v) is 20.6. The highest BCUT2D eigenvalue weighted by Crippen LogP contribution is 2.38. The SMILES string of the molecule is CCOCCCCCC1OC(=O)C(c2cc(Cl)c(-c3cccc(S(C)(=O)=O)c3)cc2C)=C1O. The van der Waals surface area contributed by atoms with Gasteiger partial charge in [0.25, 0.3) is 0 Å². The normalized spacial score (nSPS) is 16.4. The molecule has 0 amide bonds. The quantitative estimate of drug-likeness (QED) is 0.347. The van der Waals surface area contributed by atoms with Crippen LogP contribution in [0.15, 0.2) is 47.1 Å². The monoisotopic (exact) mass is 492 g/mol. The van der Waals surface area contributed by atoms with Crippen molar-refractivity contribution < 1.29 is 27.8 Å². The fourth-order valence-electron chi connectivity index (χ4n) is 3.87. The lowest BCUT2D eigenvalue weighted by atomic mass is 9.94. The zero-order valence-electron chi connectivity index (χ0n) is 19.1. The van der Waals surface area contributed by atoms with Crippen LogP contribution in [-0.4, -0.2) is 45.1 Å². The van der Waals surface area contributed by atoms with Crippen molar-refractivity contribution in [3.8, 4) is 11.1 Å². The number of benzene rings is 2. The highest BCUT2D eigenvalue weighted by atomic mass is 35.5. The molecule has 6 nitrogen and oxygen atoms in total. The molecule has 1 atom stereocenters. The number of rotatable bonds is 10. The van der Waals surface area contributed by atoms with Gasteiger partial charge in [0.15, 0.2) is 15.9 Å². The van der Waals surface area contributed by atoms with Crippen molar-refractivity contribution in [2.24, 2.45) is 0 Å². The molecular weight excluding hydrogens is 464 g/mol. The van der Waals surface area contributed by atoms with E-state index in [2.05, 4.69) is 0 Å². The van der Waals surface area contributed by atoms with Gasteiger partial charge in [0.05, 0.1) is 4.90 Å². The molecule has 0 saturated carbocycles. The van der Waals surface area contributed by atoms with Crippen molar-refractivity contribution in [3.63, 3.8) is 0 Å². The summed E-state index contributed by atoms with van der Waals surface area (Å²) in [5.41, 5.74) is 2.64. The van der Waals surface area contributed by atoms with Crippen LogP contribution in [0.25, 0.3) is 16.7 Å². The molecule has 0 aliphatic carbocycles. The van der Waals surface area contributed by atoms with E-state index in [9.17, 15) is 18.3 Å². The smallest absolute Gasteiger partial charge is 0.343 e. The average Bonchev–Trinajstić information content (AvgIpc) is 3.04. The summed E-state index contributed by atoms with van der Waals surface area (Å²) >= 11 is 6.54. The lowest BCUT2D eigenvalue weighted by Crippen LogP contribution is -2.11. The highest BCUT2D eigenvalue weighted by molar-refractivity contribution is 7.90. The number of ether oxygens (including phenoxy) is 2. The Balaban J connectivity index is 1.84.